The Labute approximate surface area is 197 Å². The summed E-state index contributed by atoms with van der Waals surface area (Å²) in [5.41, 5.74) is -0.384. The Kier molecular flexibility index (Phi) is 6.74. The van der Waals surface area contributed by atoms with Crippen LogP contribution < -0.4 is 20.1 Å². The zero-order valence-corrected chi connectivity index (χ0v) is 19.1. The summed E-state index contributed by atoms with van der Waals surface area (Å²) in [6, 6.07) is 11.6. The number of halogens is 1. The topological polar surface area (TPSA) is 97.0 Å². The van der Waals surface area contributed by atoms with Gasteiger partial charge in [-0.3, -0.25) is 14.5 Å². The van der Waals surface area contributed by atoms with Gasteiger partial charge in [0.2, 0.25) is 5.91 Å². The summed E-state index contributed by atoms with van der Waals surface area (Å²) < 4.78 is 11.3. The number of carbonyl (C=O) groups is 3. The van der Waals surface area contributed by atoms with Crippen LogP contribution in [0.25, 0.3) is 0 Å². The number of carbonyl (C=O) groups excluding carboxylic acids is 3. The highest BCUT2D eigenvalue weighted by molar-refractivity contribution is 6.31. The maximum absolute atomic E-state index is 12.7. The molecule has 1 aliphatic carbocycles. The van der Waals surface area contributed by atoms with Gasteiger partial charge in [0, 0.05) is 18.0 Å². The van der Waals surface area contributed by atoms with Crippen molar-refractivity contribution in [3.63, 3.8) is 0 Å². The fourth-order valence-electron chi connectivity index (χ4n) is 4.21. The van der Waals surface area contributed by atoms with Crippen LogP contribution in [0.1, 0.15) is 39.0 Å². The molecule has 4 rings (SSSR count). The summed E-state index contributed by atoms with van der Waals surface area (Å²) >= 11 is 6.12. The molecular weight excluding hydrogens is 446 g/mol. The lowest BCUT2D eigenvalue weighted by molar-refractivity contribution is -0.131. The van der Waals surface area contributed by atoms with Crippen molar-refractivity contribution in [2.45, 2.75) is 44.6 Å². The molecule has 2 fully saturated rings. The summed E-state index contributed by atoms with van der Waals surface area (Å²) in [6.45, 7) is 2.49. The van der Waals surface area contributed by atoms with Crippen LogP contribution in [-0.2, 0) is 9.59 Å². The molecule has 1 saturated carbocycles. The van der Waals surface area contributed by atoms with Gasteiger partial charge in [0.15, 0.2) is 5.75 Å². The van der Waals surface area contributed by atoms with Crippen molar-refractivity contribution in [3.8, 4) is 17.2 Å². The van der Waals surface area contributed by atoms with Crippen molar-refractivity contribution in [3.05, 3.63) is 47.5 Å². The average Bonchev–Trinajstić information content (AvgIpc) is 3.35. The van der Waals surface area contributed by atoms with Crippen LogP contribution in [0.3, 0.4) is 0 Å². The fourth-order valence-corrected chi connectivity index (χ4v) is 4.38. The Morgan fingerprint density at radius 1 is 1.12 bits per heavy atom. The third-order valence-electron chi connectivity index (χ3n) is 5.84. The van der Waals surface area contributed by atoms with Gasteiger partial charge in [-0.05, 0) is 62.2 Å². The van der Waals surface area contributed by atoms with E-state index in [2.05, 4.69) is 10.6 Å². The Balaban J connectivity index is 1.39. The third-order valence-corrected chi connectivity index (χ3v) is 6.08. The van der Waals surface area contributed by atoms with Crippen LogP contribution in [-0.4, -0.2) is 41.4 Å². The third kappa shape index (κ3) is 5.06. The zero-order chi connectivity index (χ0) is 23.4. The molecule has 1 saturated heterocycles. The monoisotopic (exact) mass is 471 g/mol. The smallest absolute Gasteiger partial charge is 0.325 e. The van der Waals surface area contributed by atoms with Crippen LogP contribution >= 0.6 is 11.6 Å². The minimum Gasteiger partial charge on any atom is -0.494 e. The van der Waals surface area contributed by atoms with E-state index in [0.717, 1.165) is 23.5 Å². The predicted molar refractivity (Wildman–Crippen MR) is 124 cm³/mol. The molecule has 1 heterocycles. The second kappa shape index (κ2) is 9.70. The minimum absolute atomic E-state index is 0.00783. The summed E-state index contributed by atoms with van der Waals surface area (Å²) in [6.07, 6.45) is 3.08. The van der Waals surface area contributed by atoms with Crippen molar-refractivity contribution in [2.75, 3.05) is 18.5 Å². The normalized spacial score (nSPS) is 16.7. The second-order valence-electron chi connectivity index (χ2n) is 8.12. The van der Waals surface area contributed by atoms with Gasteiger partial charge in [-0.25, -0.2) is 4.79 Å². The molecular formula is C24H26ClN3O5. The first-order valence-corrected chi connectivity index (χ1v) is 11.4. The van der Waals surface area contributed by atoms with Gasteiger partial charge in [0.25, 0.3) is 5.91 Å². The number of nitrogens with one attached hydrogen (secondary N) is 2. The minimum atomic E-state index is -0.779. The Hall–Kier alpha value is -3.26. The molecule has 0 bridgehead atoms. The van der Waals surface area contributed by atoms with Crippen LogP contribution in [0.4, 0.5) is 10.5 Å². The standard InChI is InChI=1S/C24H26ClN3O5/c1-2-32-17-6-8-18(9-7-17)33-20-10-5-16(25)15-19(20)26-21(29)11-14-28-22(30)24(27-23(28)31)12-3-4-13-24/h5-10,15H,2-4,11-14H2,1H3,(H,26,29)(H,27,31). The first-order chi connectivity index (χ1) is 15.9. The number of urea groups is 1. The Morgan fingerprint density at radius 2 is 1.82 bits per heavy atom. The van der Waals surface area contributed by atoms with Crippen LogP contribution in [0.15, 0.2) is 42.5 Å². The first-order valence-electron chi connectivity index (χ1n) is 11.0. The summed E-state index contributed by atoms with van der Waals surface area (Å²) in [5.74, 6) is 1.12. The summed E-state index contributed by atoms with van der Waals surface area (Å²) in [5, 5.41) is 6.02. The number of benzene rings is 2. The number of rotatable bonds is 8. The lowest BCUT2D eigenvalue weighted by atomic mass is 9.98. The van der Waals surface area contributed by atoms with Gasteiger partial charge in [0.1, 0.15) is 17.0 Å². The summed E-state index contributed by atoms with van der Waals surface area (Å²) in [7, 11) is 0. The number of nitrogens with zero attached hydrogens (tertiary/aromatic N) is 1. The first kappa shape index (κ1) is 22.9. The molecule has 2 aliphatic rings. The SMILES string of the molecule is CCOc1ccc(Oc2ccc(Cl)cc2NC(=O)CCN2C(=O)NC3(CCCC3)C2=O)cc1. The van der Waals surface area contributed by atoms with E-state index in [-0.39, 0.29) is 24.8 Å². The molecule has 2 aromatic carbocycles. The van der Waals surface area contributed by atoms with Gasteiger partial charge >= 0.3 is 6.03 Å². The van der Waals surface area contributed by atoms with E-state index in [9.17, 15) is 14.4 Å². The maximum atomic E-state index is 12.7. The molecule has 0 atom stereocenters. The average molecular weight is 472 g/mol. The number of imide groups is 1. The van der Waals surface area contributed by atoms with Crippen LogP contribution in [0.5, 0.6) is 17.2 Å². The molecule has 2 aromatic rings. The van der Waals surface area contributed by atoms with E-state index < -0.39 is 11.6 Å². The largest absolute Gasteiger partial charge is 0.494 e. The molecule has 1 aliphatic heterocycles. The number of hydrogen-bond donors (Lipinski definition) is 2. The zero-order valence-electron chi connectivity index (χ0n) is 18.4. The van der Waals surface area contributed by atoms with E-state index in [1.165, 1.54) is 0 Å². The molecule has 4 amide bonds. The van der Waals surface area contributed by atoms with E-state index in [0.29, 0.717) is 41.7 Å². The van der Waals surface area contributed by atoms with Gasteiger partial charge in [-0.15, -0.1) is 0 Å². The lowest BCUT2D eigenvalue weighted by Gasteiger charge is -2.20. The van der Waals surface area contributed by atoms with Crippen LogP contribution in [0.2, 0.25) is 5.02 Å². The van der Waals surface area contributed by atoms with Crippen molar-refractivity contribution < 1.29 is 23.9 Å². The predicted octanol–water partition coefficient (Wildman–Crippen LogP) is 4.72. The number of ether oxygens (including phenoxy) is 2. The molecule has 0 unspecified atom stereocenters. The molecule has 0 aromatic heterocycles. The Morgan fingerprint density at radius 3 is 2.52 bits per heavy atom. The molecule has 0 radical (unpaired) electrons. The highest BCUT2D eigenvalue weighted by atomic mass is 35.5. The van der Waals surface area contributed by atoms with Crippen LogP contribution in [0, 0.1) is 0 Å². The molecule has 9 heteroatoms. The van der Waals surface area contributed by atoms with Gasteiger partial charge in [0.05, 0.1) is 12.3 Å². The van der Waals surface area contributed by atoms with Crippen molar-refractivity contribution >= 4 is 35.1 Å². The van der Waals surface area contributed by atoms with Gasteiger partial charge < -0.3 is 20.1 Å². The van der Waals surface area contributed by atoms with Gasteiger partial charge in [-0.2, -0.15) is 0 Å². The fraction of sp³-hybridized carbons (Fsp3) is 0.375. The van der Waals surface area contributed by atoms with E-state index in [4.69, 9.17) is 21.1 Å². The lowest BCUT2D eigenvalue weighted by Crippen LogP contribution is -2.44. The van der Waals surface area contributed by atoms with E-state index in [1.807, 2.05) is 6.92 Å². The molecule has 33 heavy (non-hydrogen) atoms. The highest BCUT2D eigenvalue weighted by Gasteiger charge is 2.52. The van der Waals surface area contributed by atoms with Gasteiger partial charge in [-0.1, -0.05) is 24.4 Å². The van der Waals surface area contributed by atoms with Crippen molar-refractivity contribution in [1.82, 2.24) is 10.2 Å². The second-order valence-corrected chi connectivity index (χ2v) is 8.56. The number of amides is 4. The van der Waals surface area contributed by atoms with Crippen molar-refractivity contribution in [2.24, 2.45) is 0 Å². The maximum Gasteiger partial charge on any atom is 0.325 e. The molecule has 1 spiro atoms. The molecule has 2 N–H and O–H groups in total. The van der Waals surface area contributed by atoms with Crippen molar-refractivity contribution in [1.29, 1.82) is 0 Å². The van der Waals surface area contributed by atoms with E-state index >= 15 is 0 Å². The highest BCUT2D eigenvalue weighted by Crippen LogP contribution is 2.35. The molecule has 8 nitrogen and oxygen atoms in total. The summed E-state index contributed by atoms with van der Waals surface area (Å²) in [4.78, 5) is 38.8. The Bertz CT molecular complexity index is 1050. The number of anilines is 1. The number of hydrogen-bond acceptors (Lipinski definition) is 5. The molecule has 174 valence electrons. The van der Waals surface area contributed by atoms with E-state index in [1.54, 1.807) is 42.5 Å². The quantitative estimate of drug-likeness (QED) is 0.543.